The normalized spacial score (nSPS) is 12.8. The number of unbranched alkanes of at least 4 members (excludes halogenated alkanes) is 5. The second kappa shape index (κ2) is 10.3. The van der Waals surface area contributed by atoms with Crippen LogP contribution in [0.1, 0.15) is 92.6 Å². The predicted molar refractivity (Wildman–Crippen MR) is 117 cm³/mol. The summed E-state index contributed by atoms with van der Waals surface area (Å²) in [6.45, 7) is 15.5. The summed E-state index contributed by atoms with van der Waals surface area (Å²) in [4.78, 5) is 13.5. The van der Waals surface area contributed by atoms with Crippen molar-refractivity contribution in [3.05, 3.63) is 29.8 Å². The summed E-state index contributed by atoms with van der Waals surface area (Å²) in [7, 11) is 0. The molecule has 0 saturated heterocycles. The molecular formula is C25H42O3. The largest absolute Gasteiger partial charge is 0.508 e. The fraction of sp³-hybridized carbons (Fsp3) is 0.720. The molecule has 0 aliphatic heterocycles. The Morgan fingerprint density at radius 3 is 1.86 bits per heavy atom. The maximum absolute atomic E-state index is 13.5. The van der Waals surface area contributed by atoms with E-state index in [0.717, 1.165) is 18.4 Å². The lowest BCUT2D eigenvalue weighted by molar-refractivity contribution is -0.175. The maximum atomic E-state index is 13.5. The summed E-state index contributed by atoms with van der Waals surface area (Å²) >= 11 is 0. The molecule has 1 aromatic rings. The van der Waals surface area contributed by atoms with Gasteiger partial charge < -0.3 is 9.84 Å². The molecule has 0 radical (unpaired) electrons. The number of ether oxygens (including phenoxy) is 1. The topological polar surface area (TPSA) is 46.5 Å². The first-order valence-electron chi connectivity index (χ1n) is 10.9. The van der Waals surface area contributed by atoms with Gasteiger partial charge in [-0.2, -0.15) is 0 Å². The number of hydrogen-bond donors (Lipinski definition) is 1. The summed E-state index contributed by atoms with van der Waals surface area (Å²) in [5, 5.41) is 9.61. The third-order valence-electron chi connectivity index (χ3n) is 6.05. The van der Waals surface area contributed by atoms with Crippen molar-refractivity contribution >= 4 is 5.97 Å². The van der Waals surface area contributed by atoms with Crippen LogP contribution >= 0.6 is 0 Å². The van der Waals surface area contributed by atoms with E-state index in [-0.39, 0.29) is 22.5 Å². The zero-order valence-corrected chi connectivity index (χ0v) is 19.2. The number of phenolic OH excluding ortho intramolecular Hbond substituents is 1. The first-order valence-corrected chi connectivity index (χ1v) is 10.9. The fourth-order valence-electron chi connectivity index (χ4n) is 4.43. The molecule has 0 amide bonds. The Morgan fingerprint density at radius 1 is 0.857 bits per heavy atom. The number of hydrogen-bond acceptors (Lipinski definition) is 3. The van der Waals surface area contributed by atoms with Gasteiger partial charge in [-0.05, 0) is 41.4 Å². The molecule has 3 nitrogen and oxygen atoms in total. The van der Waals surface area contributed by atoms with Gasteiger partial charge in [-0.15, -0.1) is 0 Å². The van der Waals surface area contributed by atoms with E-state index in [1.807, 2.05) is 12.1 Å². The predicted octanol–water partition coefficient (Wildman–Crippen LogP) is 6.92. The third-order valence-corrected chi connectivity index (χ3v) is 6.05. The van der Waals surface area contributed by atoms with E-state index in [1.165, 1.54) is 25.7 Å². The molecule has 0 spiro atoms. The lowest BCUT2D eigenvalue weighted by Gasteiger charge is -2.51. The minimum Gasteiger partial charge on any atom is -0.508 e. The van der Waals surface area contributed by atoms with E-state index >= 15 is 0 Å². The molecule has 3 heteroatoms. The minimum absolute atomic E-state index is 0.103. The number of carbonyl (C=O) groups excluding carboxylic acids is 1. The highest BCUT2D eigenvalue weighted by molar-refractivity contribution is 5.79. The average molecular weight is 391 g/mol. The van der Waals surface area contributed by atoms with Crippen LogP contribution in [-0.4, -0.2) is 17.7 Å². The molecule has 0 heterocycles. The molecule has 0 fully saturated rings. The molecule has 0 unspecified atom stereocenters. The van der Waals surface area contributed by atoms with Gasteiger partial charge >= 0.3 is 5.97 Å². The van der Waals surface area contributed by atoms with Gasteiger partial charge in [-0.3, -0.25) is 4.79 Å². The van der Waals surface area contributed by atoms with E-state index in [0.29, 0.717) is 13.0 Å². The van der Waals surface area contributed by atoms with Gasteiger partial charge in [0, 0.05) is 0 Å². The number of aromatic hydroxyl groups is 1. The standard InChI is InChI=1S/C25H42O3/c1-8-9-10-11-12-13-18-28-22(27)25(23(2,3)4,24(5,6)7)19-20-14-16-21(26)17-15-20/h14-17,26H,8-13,18-19H2,1-7H3. The van der Waals surface area contributed by atoms with Crippen LogP contribution in [0.2, 0.25) is 0 Å². The van der Waals surface area contributed by atoms with Crippen molar-refractivity contribution in [2.75, 3.05) is 6.61 Å². The molecule has 0 saturated carbocycles. The summed E-state index contributed by atoms with van der Waals surface area (Å²) in [6, 6.07) is 7.19. The smallest absolute Gasteiger partial charge is 0.313 e. The number of rotatable bonds is 10. The molecule has 0 aliphatic rings. The highest BCUT2D eigenvalue weighted by Gasteiger charge is 2.57. The van der Waals surface area contributed by atoms with Crippen molar-refractivity contribution in [1.29, 1.82) is 0 Å². The molecule has 0 aliphatic carbocycles. The van der Waals surface area contributed by atoms with E-state index < -0.39 is 5.41 Å². The Hall–Kier alpha value is -1.51. The van der Waals surface area contributed by atoms with E-state index in [4.69, 9.17) is 4.74 Å². The molecule has 0 atom stereocenters. The quantitative estimate of drug-likeness (QED) is 0.348. The number of phenols is 1. The zero-order chi connectivity index (χ0) is 21.4. The Labute approximate surface area is 172 Å². The van der Waals surface area contributed by atoms with Crippen LogP contribution < -0.4 is 0 Å². The van der Waals surface area contributed by atoms with Crippen LogP contribution in [0.5, 0.6) is 5.75 Å². The molecule has 0 bridgehead atoms. The lowest BCUT2D eigenvalue weighted by atomic mass is 9.52. The van der Waals surface area contributed by atoms with Crippen molar-refractivity contribution in [2.45, 2.75) is 93.4 Å². The highest BCUT2D eigenvalue weighted by atomic mass is 16.5. The monoisotopic (exact) mass is 390 g/mol. The zero-order valence-electron chi connectivity index (χ0n) is 19.2. The van der Waals surface area contributed by atoms with Crippen molar-refractivity contribution in [3.8, 4) is 5.75 Å². The first kappa shape index (κ1) is 24.5. The molecule has 1 rings (SSSR count). The Bertz CT molecular complexity index is 574. The van der Waals surface area contributed by atoms with Crippen LogP contribution in [0.15, 0.2) is 24.3 Å². The van der Waals surface area contributed by atoms with Crippen molar-refractivity contribution < 1.29 is 14.6 Å². The minimum atomic E-state index is -0.667. The number of benzene rings is 1. The van der Waals surface area contributed by atoms with Crippen molar-refractivity contribution in [1.82, 2.24) is 0 Å². The average Bonchev–Trinajstić information content (AvgIpc) is 2.58. The second-order valence-corrected chi connectivity index (χ2v) is 10.2. The fourth-order valence-corrected chi connectivity index (χ4v) is 4.43. The van der Waals surface area contributed by atoms with E-state index in [2.05, 4.69) is 48.5 Å². The Morgan fingerprint density at radius 2 is 1.36 bits per heavy atom. The van der Waals surface area contributed by atoms with Crippen molar-refractivity contribution in [2.24, 2.45) is 16.2 Å². The SMILES string of the molecule is CCCCCCCCOC(=O)C(Cc1ccc(O)cc1)(C(C)(C)C)C(C)(C)C. The summed E-state index contributed by atoms with van der Waals surface area (Å²) < 4.78 is 5.87. The van der Waals surface area contributed by atoms with Crippen LogP contribution in [0.4, 0.5) is 0 Å². The Kier molecular flexibility index (Phi) is 9.04. The molecule has 28 heavy (non-hydrogen) atoms. The second-order valence-electron chi connectivity index (χ2n) is 10.2. The maximum Gasteiger partial charge on any atom is 0.313 e. The van der Waals surface area contributed by atoms with Gasteiger partial charge in [0.05, 0.1) is 12.0 Å². The lowest BCUT2D eigenvalue weighted by Crippen LogP contribution is -2.54. The third kappa shape index (κ3) is 6.25. The van der Waals surface area contributed by atoms with Gasteiger partial charge in [0.1, 0.15) is 5.75 Å². The van der Waals surface area contributed by atoms with E-state index in [9.17, 15) is 9.90 Å². The number of carbonyl (C=O) groups is 1. The van der Waals surface area contributed by atoms with Crippen molar-refractivity contribution in [3.63, 3.8) is 0 Å². The molecule has 160 valence electrons. The van der Waals surface area contributed by atoms with Gasteiger partial charge in [-0.1, -0.05) is 92.7 Å². The first-order chi connectivity index (χ1) is 13.0. The highest BCUT2D eigenvalue weighted by Crippen LogP contribution is 2.54. The van der Waals surface area contributed by atoms with Gasteiger partial charge in [0.2, 0.25) is 0 Å². The summed E-state index contributed by atoms with van der Waals surface area (Å²) in [5.41, 5.74) is -0.179. The van der Waals surface area contributed by atoms with E-state index in [1.54, 1.807) is 12.1 Å². The molecule has 1 aromatic carbocycles. The van der Waals surface area contributed by atoms with Gasteiger partial charge in [-0.25, -0.2) is 0 Å². The molecule has 1 N–H and O–H groups in total. The summed E-state index contributed by atoms with van der Waals surface area (Å²) in [5.74, 6) is 0.139. The molecule has 0 aromatic heterocycles. The molecular weight excluding hydrogens is 348 g/mol. The van der Waals surface area contributed by atoms with Crippen LogP contribution in [0.3, 0.4) is 0 Å². The van der Waals surface area contributed by atoms with Gasteiger partial charge in [0.25, 0.3) is 0 Å². The Balaban J connectivity index is 2.96. The van der Waals surface area contributed by atoms with Crippen LogP contribution in [0.25, 0.3) is 0 Å². The van der Waals surface area contributed by atoms with Crippen LogP contribution in [0, 0.1) is 16.2 Å². The number of esters is 1. The summed E-state index contributed by atoms with van der Waals surface area (Å²) in [6.07, 6.45) is 7.63. The van der Waals surface area contributed by atoms with Gasteiger partial charge in [0.15, 0.2) is 0 Å². The van der Waals surface area contributed by atoms with Crippen LogP contribution in [-0.2, 0) is 16.0 Å².